The van der Waals surface area contributed by atoms with Crippen LogP contribution in [0, 0.1) is 5.82 Å². The van der Waals surface area contributed by atoms with Gasteiger partial charge in [-0.15, -0.1) is 0 Å². The minimum Gasteiger partial charge on any atom is -0.358 e. The molecule has 0 aliphatic heterocycles. The van der Waals surface area contributed by atoms with Crippen molar-refractivity contribution in [2.75, 3.05) is 5.32 Å². The van der Waals surface area contributed by atoms with Gasteiger partial charge in [-0.1, -0.05) is 23.5 Å². The Hall–Kier alpha value is -1.63. The molecule has 1 aromatic carbocycles. The molecule has 1 aliphatic carbocycles. The summed E-state index contributed by atoms with van der Waals surface area (Å²) in [7, 11) is 0. The summed E-state index contributed by atoms with van der Waals surface area (Å²) in [5.41, 5.74) is 0.983. The number of thiazole rings is 1. The van der Waals surface area contributed by atoms with Crippen molar-refractivity contribution >= 4 is 16.5 Å². The molecule has 1 aliphatic rings. The molecule has 3 rings (SSSR count). The van der Waals surface area contributed by atoms with E-state index in [-0.39, 0.29) is 22.9 Å². The van der Waals surface area contributed by atoms with Crippen LogP contribution in [-0.2, 0) is 6.18 Å². The van der Waals surface area contributed by atoms with E-state index in [0.717, 1.165) is 18.2 Å². The average molecular weight is 302 g/mol. The first kappa shape index (κ1) is 13.4. The van der Waals surface area contributed by atoms with E-state index >= 15 is 0 Å². The lowest BCUT2D eigenvalue weighted by Gasteiger charge is -2.03. The molecule has 1 fully saturated rings. The molecule has 0 radical (unpaired) electrons. The molecule has 0 spiro atoms. The number of hydrogen-bond acceptors (Lipinski definition) is 3. The molecule has 2 nitrogen and oxygen atoms in total. The van der Waals surface area contributed by atoms with Gasteiger partial charge >= 0.3 is 6.18 Å². The number of anilines is 1. The van der Waals surface area contributed by atoms with E-state index in [1.54, 1.807) is 12.1 Å². The molecule has 1 heterocycles. The summed E-state index contributed by atoms with van der Waals surface area (Å²) in [5, 5.41) is 3.26. The molecule has 2 atom stereocenters. The van der Waals surface area contributed by atoms with Gasteiger partial charge < -0.3 is 5.32 Å². The van der Waals surface area contributed by atoms with Crippen molar-refractivity contribution in [3.63, 3.8) is 0 Å². The molecule has 1 N–H and O–H groups in total. The summed E-state index contributed by atoms with van der Waals surface area (Å²) in [6.45, 7) is 0. The van der Waals surface area contributed by atoms with Gasteiger partial charge in [0.25, 0.3) is 0 Å². The van der Waals surface area contributed by atoms with Crippen molar-refractivity contribution in [2.45, 2.75) is 24.6 Å². The van der Waals surface area contributed by atoms with Crippen molar-refractivity contribution in [3.05, 3.63) is 46.7 Å². The number of nitrogens with zero attached hydrogens (tertiary/aromatic N) is 1. The van der Waals surface area contributed by atoms with Crippen molar-refractivity contribution in [2.24, 2.45) is 0 Å². The molecule has 1 aromatic heterocycles. The average Bonchev–Trinajstić information content (AvgIpc) is 2.95. The number of nitrogens with one attached hydrogen (secondary N) is 1. The van der Waals surface area contributed by atoms with Gasteiger partial charge in [0.1, 0.15) is 10.7 Å². The van der Waals surface area contributed by atoms with Gasteiger partial charge in [-0.05, 0) is 24.1 Å². The Morgan fingerprint density at radius 2 is 1.90 bits per heavy atom. The SMILES string of the molecule is Fc1ccc([C@@H]2C[C@H]2Nc2ncc(C(F)(F)F)s2)cc1. The first-order valence-corrected chi connectivity index (χ1v) is 6.80. The summed E-state index contributed by atoms with van der Waals surface area (Å²) in [6, 6.07) is 6.23. The van der Waals surface area contributed by atoms with Crippen molar-refractivity contribution in [1.29, 1.82) is 0 Å². The second kappa shape index (κ2) is 4.73. The monoisotopic (exact) mass is 302 g/mol. The maximum atomic E-state index is 12.8. The van der Waals surface area contributed by atoms with Crippen LogP contribution >= 0.6 is 11.3 Å². The summed E-state index contributed by atoms with van der Waals surface area (Å²) < 4.78 is 50.1. The fourth-order valence-corrected chi connectivity index (χ4v) is 2.81. The number of hydrogen-bond donors (Lipinski definition) is 1. The maximum Gasteiger partial charge on any atom is 0.427 e. The number of aromatic nitrogens is 1. The molecule has 0 unspecified atom stereocenters. The van der Waals surface area contributed by atoms with Gasteiger partial charge in [-0.25, -0.2) is 9.37 Å². The van der Waals surface area contributed by atoms with E-state index in [4.69, 9.17) is 0 Å². The predicted molar refractivity (Wildman–Crippen MR) is 68.3 cm³/mol. The Labute approximate surface area is 116 Å². The molecule has 7 heteroatoms. The Morgan fingerprint density at radius 3 is 2.50 bits per heavy atom. The number of benzene rings is 1. The van der Waals surface area contributed by atoms with Gasteiger partial charge in [0.2, 0.25) is 0 Å². The topological polar surface area (TPSA) is 24.9 Å². The third-order valence-corrected chi connectivity index (χ3v) is 4.16. The summed E-state index contributed by atoms with van der Waals surface area (Å²) >= 11 is 0.601. The zero-order valence-electron chi connectivity index (χ0n) is 10.1. The van der Waals surface area contributed by atoms with Gasteiger partial charge in [0.15, 0.2) is 5.13 Å². The lowest BCUT2D eigenvalue weighted by Crippen LogP contribution is -2.03. The lowest BCUT2D eigenvalue weighted by molar-refractivity contribution is -0.134. The molecular formula is C13H10F4N2S. The summed E-state index contributed by atoms with van der Waals surface area (Å²) in [6.07, 6.45) is -2.70. The second-order valence-electron chi connectivity index (χ2n) is 4.67. The molecule has 2 aromatic rings. The van der Waals surface area contributed by atoms with Crippen LogP contribution in [-0.4, -0.2) is 11.0 Å². The predicted octanol–water partition coefficient (Wildman–Crippen LogP) is 4.27. The molecule has 0 bridgehead atoms. The highest BCUT2D eigenvalue weighted by Crippen LogP contribution is 2.44. The molecule has 20 heavy (non-hydrogen) atoms. The van der Waals surface area contributed by atoms with Crippen LogP contribution < -0.4 is 5.32 Å². The fourth-order valence-electron chi connectivity index (χ4n) is 2.06. The fraction of sp³-hybridized carbons (Fsp3) is 0.308. The minimum atomic E-state index is -4.35. The zero-order valence-corrected chi connectivity index (χ0v) is 10.9. The lowest BCUT2D eigenvalue weighted by atomic mass is 10.1. The Balaban J connectivity index is 1.63. The molecule has 106 valence electrons. The molecule has 1 saturated carbocycles. The standard InChI is InChI=1S/C13H10F4N2S/c14-8-3-1-7(2-4-8)9-5-10(9)19-12-18-6-11(20-12)13(15,16)17/h1-4,6,9-10H,5H2,(H,18,19)/t9-,10+/m0/s1. The van der Waals surface area contributed by atoms with E-state index in [1.165, 1.54) is 12.1 Å². The van der Waals surface area contributed by atoms with E-state index < -0.39 is 11.1 Å². The van der Waals surface area contributed by atoms with Crippen LogP contribution in [0.25, 0.3) is 0 Å². The highest BCUT2D eigenvalue weighted by molar-refractivity contribution is 7.15. The largest absolute Gasteiger partial charge is 0.427 e. The van der Waals surface area contributed by atoms with E-state index in [2.05, 4.69) is 10.3 Å². The molecule has 0 saturated heterocycles. The van der Waals surface area contributed by atoms with Gasteiger partial charge in [-0.2, -0.15) is 13.2 Å². The van der Waals surface area contributed by atoms with Crippen LogP contribution in [0.2, 0.25) is 0 Å². The van der Waals surface area contributed by atoms with Gasteiger partial charge in [-0.3, -0.25) is 0 Å². The van der Waals surface area contributed by atoms with Crippen molar-refractivity contribution in [3.8, 4) is 0 Å². The number of halogens is 4. The quantitative estimate of drug-likeness (QED) is 0.857. The van der Waals surface area contributed by atoms with Crippen LogP contribution in [0.5, 0.6) is 0 Å². The summed E-state index contributed by atoms with van der Waals surface area (Å²) in [5.74, 6) is -0.0949. The van der Waals surface area contributed by atoms with Gasteiger partial charge in [0.05, 0.1) is 6.20 Å². The van der Waals surface area contributed by atoms with E-state index in [9.17, 15) is 17.6 Å². The summed E-state index contributed by atoms with van der Waals surface area (Å²) in [4.78, 5) is 3.02. The Bertz CT molecular complexity index is 606. The smallest absolute Gasteiger partial charge is 0.358 e. The minimum absolute atomic E-state index is 0.0627. The first-order valence-electron chi connectivity index (χ1n) is 5.98. The van der Waals surface area contributed by atoms with E-state index in [1.807, 2.05) is 0 Å². The molecule has 0 amide bonds. The zero-order chi connectivity index (χ0) is 14.3. The van der Waals surface area contributed by atoms with Crippen LogP contribution in [0.3, 0.4) is 0 Å². The first-order chi connectivity index (χ1) is 9.43. The van der Waals surface area contributed by atoms with E-state index in [0.29, 0.717) is 11.3 Å². The molecular weight excluding hydrogens is 292 g/mol. The highest BCUT2D eigenvalue weighted by atomic mass is 32.1. The van der Waals surface area contributed by atoms with Gasteiger partial charge in [0, 0.05) is 12.0 Å². The van der Waals surface area contributed by atoms with Crippen LogP contribution in [0.15, 0.2) is 30.5 Å². The maximum absolute atomic E-state index is 12.8. The van der Waals surface area contributed by atoms with Crippen molar-refractivity contribution in [1.82, 2.24) is 4.98 Å². The third-order valence-electron chi connectivity index (χ3n) is 3.18. The Morgan fingerprint density at radius 1 is 1.20 bits per heavy atom. The highest BCUT2D eigenvalue weighted by Gasteiger charge is 2.39. The Kier molecular flexibility index (Phi) is 3.16. The number of alkyl halides is 3. The van der Waals surface area contributed by atoms with Crippen LogP contribution in [0.4, 0.5) is 22.7 Å². The van der Waals surface area contributed by atoms with Crippen molar-refractivity contribution < 1.29 is 17.6 Å². The van der Waals surface area contributed by atoms with Crippen LogP contribution in [0.1, 0.15) is 22.8 Å². The second-order valence-corrected chi connectivity index (χ2v) is 5.70. The third kappa shape index (κ3) is 2.77. The number of rotatable bonds is 3. The normalized spacial score (nSPS) is 21.8.